The second-order valence-corrected chi connectivity index (χ2v) is 20.7. The number of rotatable bonds is 12. The van der Waals surface area contributed by atoms with Crippen molar-refractivity contribution in [1.29, 1.82) is 0 Å². The normalized spacial score (nSPS) is 10.6. The Morgan fingerprint density at radius 1 is 0.663 bits per heavy atom. The Morgan fingerprint density at radius 2 is 1.19 bits per heavy atom. The lowest BCUT2D eigenvalue weighted by Gasteiger charge is -2.12. The van der Waals surface area contributed by atoms with E-state index in [4.69, 9.17) is 0 Å². The number of H-pyrrole nitrogens is 2. The summed E-state index contributed by atoms with van der Waals surface area (Å²) in [6, 6.07) is 9.06. The van der Waals surface area contributed by atoms with E-state index in [1.54, 1.807) is 60.4 Å². The second kappa shape index (κ2) is 33.1. The highest BCUT2D eigenvalue weighted by molar-refractivity contribution is 14.1. The molecule has 0 saturated heterocycles. The van der Waals surface area contributed by atoms with Gasteiger partial charge in [-0.25, -0.2) is 29.5 Å². The number of carbonyl (C=O) groups excluding carboxylic acids is 3. The third kappa shape index (κ3) is 20.8. The lowest BCUT2D eigenvalue weighted by molar-refractivity contribution is -0.119. The minimum atomic E-state index is -0.521. The molecule has 0 radical (unpaired) electrons. The molecule has 0 bridgehead atoms. The molecular weight excluding hydrogens is 1170 g/mol. The molecule has 0 aliphatic rings. The van der Waals surface area contributed by atoms with Crippen LogP contribution in [0.25, 0.3) is 22.1 Å². The van der Waals surface area contributed by atoms with Crippen LogP contribution in [0, 0.1) is 34.2 Å². The molecule has 0 unspecified atom stereocenters. The van der Waals surface area contributed by atoms with Gasteiger partial charge in [-0.1, -0.05) is 56.7 Å². The zero-order valence-electron chi connectivity index (χ0n) is 48.3. The molecule has 6 aromatic heterocycles. The van der Waals surface area contributed by atoms with Crippen LogP contribution in [0.1, 0.15) is 135 Å². The molecule has 5 N–H and O–H groups in total. The first-order chi connectivity index (χ1) is 38.2. The van der Waals surface area contributed by atoms with E-state index in [0.29, 0.717) is 34.2 Å². The van der Waals surface area contributed by atoms with Crippen LogP contribution in [-0.2, 0) is 9.59 Å². The summed E-state index contributed by atoms with van der Waals surface area (Å²) in [5, 5.41) is 9.34. The topological polar surface area (TPSA) is 290 Å². The van der Waals surface area contributed by atoms with Crippen molar-refractivity contribution in [2.75, 3.05) is 46.6 Å². The number of amides is 3. The molecule has 0 spiro atoms. The van der Waals surface area contributed by atoms with E-state index in [1.165, 1.54) is 29.2 Å². The Hall–Kier alpha value is -8.98. The maximum Gasteiger partial charge on any atom is 0.349 e. The van der Waals surface area contributed by atoms with Gasteiger partial charge in [0.05, 0.1) is 42.1 Å². The zero-order valence-corrected chi connectivity index (χ0v) is 50.4. The molecule has 0 aliphatic carbocycles. The van der Waals surface area contributed by atoms with Crippen LogP contribution in [0.4, 0.5) is 17.6 Å². The maximum absolute atomic E-state index is 12.4. The summed E-state index contributed by atoms with van der Waals surface area (Å²) in [6.07, 6.45) is 12.0. The van der Waals surface area contributed by atoms with Crippen LogP contribution in [0.5, 0.6) is 0 Å². The van der Waals surface area contributed by atoms with E-state index in [1.807, 2.05) is 78.5 Å². The van der Waals surface area contributed by atoms with Crippen molar-refractivity contribution in [2.45, 2.75) is 115 Å². The molecule has 24 nitrogen and oxygen atoms in total. The van der Waals surface area contributed by atoms with Crippen molar-refractivity contribution < 1.29 is 14.4 Å². The third-order valence-electron chi connectivity index (χ3n) is 10.9. The van der Waals surface area contributed by atoms with Crippen molar-refractivity contribution in [2.24, 2.45) is 9.98 Å². The first kappa shape index (κ1) is 70.1. The largest absolute Gasteiger partial charge is 0.369 e. The van der Waals surface area contributed by atoms with Crippen molar-refractivity contribution in [1.82, 2.24) is 68.6 Å². The Labute approximate surface area is 497 Å². The highest BCUT2D eigenvalue weighted by Gasteiger charge is 2.17. The van der Waals surface area contributed by atoms with E-state index in [9.17, 15) is 33.6 Å². The first-order valence-electron chi connectivity index (χ1n) is 25.6. The predicted molar refractivity (Wildman–Crippen MR) is 339 cm³/mol. The van der Waals surface area contributed by atoms with Gasteiger partial charge in [0, 0.05) is 100 Å². The number of nitrogens with zero attached hydrogens (tertiary/aromatic N) is 12. The molecule has 7 rings (SSSR count). The minimum absolute atomic E-state index is 0. The van der Waals surface area contributed by atoms with Gasteiger partial charge in [-0.15, -0.1) is 0 Å². The number of nitrogens with one attached hydrogen (secondary N) is 5. The lowest BCUT2D eigenvalue weighted by Crippen LogP contribution is -2.32. The fourth-order valence-electron chi connectivity index (χ4n) is 7.01. The summed E-state index contributed by atoms with van der Waals surface area (Å²) < 4.78 is 8.09. The van der Waals surface area contributed by atoms with Gasteiger partial charge in [0.25, 0.3) is 17.0 Å². The van der Waals surface area contributed by atoms with E-state index >= 15 is 0 Å². The van der Waals surface area contributed by atoms with Gasteiger partial charge >= 0.3 is 11.4 Å². The monoisotopic (exact) mass is 1250 g/mol. The van der Waals surface area contributed by atoms with Gasteiger partial charge in [-0.3, -0.25) is 43.1 Å². The molecule has 444 valence electrons. The standard InChI is InChI=1S/C19H20N4O3.C13H19N5O.C12H16IN5.C12H15N3O3.2CH4/c1-13(2)23-12-16(10-7-11-20-14(3)24)17(22-19(23)26)21-18(25)15-8-5-4-6-9-15;1-8(2)18-6-9(3)10-11(18)15-13(16-12(10)19)14-7-17(4)5;1-8(2)18-5-9(13)10-11(16-7-17(3)4)14-6-15-12(10)18;1-8(2)15-7-10(11(17)14-12(15)18)5-4-6-13-9(3)16;;/h4-6,8-9,12-13H,11H2,1-3H3,(H,20,24)(H,21,22,25,26);6-8H,1-5H3,(H,15,16,19);5-8H,1-4H3;7-8H,6H2,1-3H3,(H,13,16)(H,14,17,18);2*1H4. The Morgan fingerprint density at radius 3 is 1.73 bits per heavy atom. The van der Waals surface area contributed by atoms with Crippen molar-refractivity contribution in [3.8, 4) is 23.7 Å². The molecule has 3 amide bonds. The number of hydrogen-bond donors (Lipinski definition) is 5. The summed E-state index contributed by atoms with van der Waals surface area (Å²) in [7, 11) is 7.60. The number of aliphatic imine (C=N–C) groups is 2. The molecule has 0 atom stereocenters. The van der Waals surface area contributed by atoms with Crippen LogP contribution in [-0.4, -0.2) is 130 Å². The van der Waals surface area contributed by atoms with Gasteiger partial charge in [0.2, 0.25) is 17.8 Å². The first-order valence-corrected chi connectivity index (χ1v) is 26.6. The second-order valence-electron chi connectivity index (χ2n) is 19.5. The number of aryl methyl sites for hydroxylation is 1. The van der Waals surface area contributed by atoms with E-state index in [0.717, 1.165) is 26.0 Å². The number of aromatic amines is 2. The lowest BCUT2D eigenvalue weighted by atomic mass is 10.2. The molecule has 25 heteroatoms. The fraction of sp³-hybridized carbons (Fsp3) is 0.397. The van der Waals surface area contributed by atoms with Crippen molar-refractivity contribution in [3.63, 3.8) is 0 Å². The Bertz CT molecular complexity index is 3780. The van der Waals surface area contributed by atoms with Crippen LogP contribution >= 0.6 is 22.6 Å². The summed E-state index contributed by atoms with van der Waals surface area (Å²) >= 11 is 2.31. The maximum atomic E-state index is 12.4. The van der Waals surface area contributed by atoms with Crippen LogP contribution in [0.15, 0.2) is 90.6 Å². The van der Waals surface area contributed by atoms with Gasteiger partial charge in [-0.05, 0) is 103 Å². The highest BCUT2D eigenvalue weighted by Crippen LogP contribution is 2.30. The SMILES string of the molecule is C.C.CC(=O)NCC#Cc1cn(C(C)C)c(=O)[nH]c1=O.CC(=O)NCC#Cc1cn(C(C)C)c(=O)nc1NC(=O)c1ccccc1.CC(C)n1cc(I)c2c(N=CN(C)C)ncnc21.Cc1cn(C(C)C)c2nc(N=CN(C)C)[nH]c(=O)c12. The third-order valence-corrected chi connectivity index (χ3v) is 11.8. The number of aromatic nitrogens is 10. The minimum Gasteiger partial charge on any atom is -0.369 e. The Kier molecular flexibility index (Phi) is 27.9. The van der Waals surface area contributed by atoms with E-state index in [2.05, 4.69) is 141 Å². The van der Waals surface area contributed by atoms with Crippen molar-refractivity contribution in [3.05, 3.63) is 129 Å². The van der Waals surface area contributed by atoms with Crippen molar-refractivity contribution >= 4 is 92.6 Å². The number of hydrogen-bond acceptors (Lipinski definition) is 13. The molecule has 1 aromatic carbocycles. The zero-order chi connectivity index (χ0) is 60.2. The average molecular weight is 1250 g/mol. The highest BCUT2D eigenvalue weighted by atomic mass is 127. The van der Waals surface area contributed by atoms with Gasteiger partial charge < -0.3 is 34.9 Å². The predicted octanol–water partition coefficient (Wildman–Crippen LogP) is 7.11. The number of carbonyl (C=O) groups is 3. The average Bonchev–Trinajstić information content (AvgIpc) is 4.08. The summed E-state index contributed by atoms with van der Waals surface area (Å²) in [5.74, 6) is 11.3. The van der Waals surface area contributed by atoms with Gasteiger partial charge in [0.1, 0.15) is 23.2 Å². The molecule has 7 aromatic rings. The summed E-state index contributed by atoms with van der Waals surface area (Å²) in [4.78, 5) is 115. The van der Waals surface area contributed by atoms with Gasteiger partial charge in [-0.2, -0.15) is 9.97 Å². The smallest absolute Gasteiger partial charge is 0.349 e. The molecule has 6 heterocycles. The number of anilines is 1. The summed E-state index contributed by atoms with van der Waals surface area (Å²) in [6.45, 7) is 20.8. The number of fused-ring (bicyclic) bond motifs is 2. The van der Waals surface area contributed by atoms with Crippen LogP contribution < -0.4 is 38.4 Å². The Balaban J connectivity index is 0.000000380. The fourth-order valence-corrected chi connectivity index (χ4v) is 7.79. The van der Waals surface area contributed by atoms with E-state index < -0.39 is 16.9 Å². The van der Waals surface area contributed by atoms with Crippen LogP contribution in [0.2, 0.25) is 0 Å². The number of halogens is 1. The number of benzene rings is 1. The molecule has 0 aliphatic heterocycles. The molecular formula is C58H78IN17O7. The van der Waals surface area contributed by atoms with Crippen LogP contribution in [0.3, 0.4) is 0 Å². The molecule has 0 saturated carbocycles. The molecule has 83 heavy (non-hydrogen) atoms. The quantitative estimate of drug-likeness (QED) is 0.0353. The van der Waals surface area contributed by atoms with Gasteiger partial charge in [0.15, 0.2) is 11.6 Å². The molecule has 0 fully saturated rings. The van der Waals surface area contributed by atoms with E-state index in [-0.39, 0.29) is 80.7 Å². The summed E-state index contributed by atoms with van der Waals surface area (Å²) in [5.41, 5.74) is 2.00.